The van der Waals surface area contributed by atoms with Gasteiger partial charge in [0.15, 0.2) is 5.11 Å². The van der Waals surface area contributed by atoms with Crippen LogP contribution in [0.1, 0.15) is 18.1 Å². The Morgan fingerprint density at radius 1 is 0.909 bits per heavy atom. The van der Waals surface area contributed by atoms with Gasteiger partial charge in [-0.2, -0.15) is 0 Å². The highest BCUT2D eigenvalue weighted by Gasteiger charge is 2.03. The fraction of sp³-hybridized carbons (Fsp3) is 0.176. The van der Waals surface area contributed by atoms with Crippen molar-refractivity contribution >= 4 is 40.3 Å². The molecule has 0 saturated heterocycles. The van der Waals surface area contributed by atoms with Gasteiger partial charge in [0, 0.05) is 24.0 Å². The van der Waals surface area contributed by atoms with Gasteiger partial charge in [0.1, 0.15) is 0 Å². The van der Waals surface area contributed by atoms with Crippen molar-refractivity contribution in [2.75, 3.05) is 16.0 Å². The number of anilines is 3. The van der Waals surface area contributed by atoms with Crippen LogP contribution in [0.3, 0.4) is 0 Å². The van der Waals surface area contributed by atoms with E-state index in [4.69, 9.17) is 12.2 Å². The highest BCUT2D eigenvalue weighted by molar-refractivity contribution is 7.80. The second-order valence-corrected chi connectivity index (χ2v) is 5.49. The second-order valence-electron chi connectivity index (χ2n) is 5.09. The van der Waals surface area contributed by atoms with Gasteiger partial charge < -0.3 is 16.0 Å². The van der Waals surface area contributed by atoms with Crippen molar-refractivity contribution in [2.24, 2.45) is 0 Å². The zero-order valence-electron chi connectivity index (χ0n) is 12.9. The lowest BCUT2D eigenvalue weighted by molar-refractivity contribution is -0.114. The molecule has 0 fully saturated rings. The first-order chi connectivity index (χ1) is 10.5. The van der Waals surface area contributed by atoms with Crippen LogP contribution in [0.4, 0.5) is 17.1 Å². The molecule has 0 radical (unpaired) electrons. The van der Waals surface area contributed by atoms with Gasteiger partial charge in [-0.3, -0.25) is 4.79 Å². The lowest BCUT2D eigenvalue weighted by Crippen LogP contribution is -2.19. The molecule has 2 aromatic carbocycles. The van der Waals surface area contributed by atoms with Crippen LogP contribution in [0, 0.1) is 13.8 Å². The van der Waals surface area contributed by atoms with Gasteiger partial charge in [-0.25, -0.2) is 0 Å². The Hall–Kier alpha value is -2.40. The molecule has 0 bridgehead atoms. The van der Waals surface area contributed by atoms with Crippen molar-refractivity contribution < 1.29 is 4.79 Å². The second kappa shape index (κ2) is 7.04. The first kappa shape index (κ1) is 16.0. The SMILES string of the molecule is CC(=O)Nc1ccc(NC(=S)Nc2cccc(C)c2C)cc1. The van der Waals surface area contributed by atoms with Gasteiger partial charge in [-0.15, -0.1) is 0 Å². The molecule has 1 amide bonds. The summed E-state index contributed by atoms with van der Waals surface area (Å²) in [5.41, 5.74) is 5.00. The third-order valence-corrected chi connectivity index (χ3v) is 3.52. The van der Waals surface area contributed by atoms with Gasteiger partial charge >= 0.3 is 0 Å². The molecule has 2 aromatic rings. The molecule has 2 rings (SSSR count). The number of rotatable bonds is 3. The summed E-state index contributed by atoms with van der Waals surface area (Å²) in [6, 6.07) is 13.4. The van der Waals surface area contributed by atoms with E-state index < -0.39 is 0 Å². The van der Waals surface area contributed by atoms with Crippen molar-refractivity contribution in [3.63, 3.8) is 0 Å². The minimum Gasteiger partial charge on any atom is -0.332 e. The van der Waals surface area contributed by atoms with Crippen molar-refractivity contribution in [3.05, 3.63) is 53.6 Å². The summed E-state index contributed by atoms with van der Waals surface area (Å²) in [7, 11) is 0. The number of benzene rings is 2. The maximum Gasteiger partial charge on any atom is 0.221 e. The van der Waals surface area contributed by atoms with Gasteiger partial charge in [0.2, 0.25) is 5.91 Å². The molecule has 0 atom stereocenters. The average molecular weight is 313 g/mol. The maximum atomic E-state index is 11.0. The Morgan fingerprint density at radius 2 is 1.50 bits per heavy atom. The van der Waals surface area contributed by atoms with Crippen molar-refractivity contribution in [1.29, 1.82) is 0 Å². The van der Waals surface area contributed by atoms with E-state index in [1.807, 2.05) is 36.4 Å². The molecule has 4 nitrogen and oxygen atoms in total. The Kier molecular flexibility index (Phi) is 5.12. The monoisotopic (exact) mass is 313 g/mol. The quantitative estimate of drug-likeness (QED) is 0.748. The standard InChI is InChI=1S/C17H19N3OS/c1-11-5-4-6-16(12(11)2)20-17(22)19-15-9-7-14(8-10-15)18-13(3)21/h4-10H,1-3H3,(H,18,21)(H2,19,20,22). The molecule has 114 valence electrons. The third-order valence-electron chi connectivity index (χ3n) is 3.32. The van der Waals surface area contributed by atoms with Crippen molar-refractivity contribution in [3.8, 4) is 0 Å². The summed E-state index contributed by atoms with van der Waals surface area (Å²) < 4.78 is 0. The number of thiocarbonyl (C=S) groups is 1. The van der Waals surface area contributed by atoms with Crippen LogP contribution in [-0.4, -0.2) is 11.0 Å². The number of hydrogen-bond donors (Lipinski definition) is 3. The summed E-state index contributed by atoms with van der Waals surface area (Å²) in [5, 5.41) is 9.57. The number of aryl methyl sites for hydroxylation is 1. The van der Waals surface area contributed by atoms with E-state index in [2.05, 4.69) is 35.9 Å². The minimum absolute atomic E-state index is 0.0900. The van der Waals surface area contributed by atoms with E-state index in [1.165, 1.54) is 18.1 Å². The van der Waals surface area contributed by atoms with Gasteiger partial charge in [-0.05, 0) is 67.5 Å². The van der Waals surface area contributed by atoms with Crippen LogP contribution < -0.4 is 16.0 Å². The topological polar surface area (TPSA) is 53.2 Å². The maximum absolute atomic E-state index is 11.0. The molecule has 0 aliphatic heterocycles. The lowest BCUT2D eigenvalue weighted by Gasteiger charge is -2.14. The van der Waals surface area contributed by atoms with E-state index in [1.54, 1.807) is 0 Å². The first-order valence-electron chi connectivity index (χ1n) is 6.97. The Balaban J connectivity index is 2.00. The largest absolute Gasteiger partial charge is 0.332 e. The highest BCUT2D eigenvalue weighted by Crippen LogP contribution is 2.19. The highest BCUT2D eigenvalue weighted by atomic mass is 32.1. The fourth-order valence-electron chi connectivity index (χ4n) is 2.01. The molecule has 5 heteroatoms. The molecule has 0 heterocycles. The van der Waals surface area contributed by atoms with Gasteiger partial charge in [-0.1, -0.05) is 12.1 Å². The van der Waals surface area contributed by atoms with E-state index in [0.29, 0.717) is 5.11 Å². The molecule has 0 saturated carbocycles. The predicted octanol–water partition coefficient (Wildman–Crippen LogP) is 4.07. The average Bonchev–Trinajstić information content (AvgIpc) is 2.45. The van der Waals surface area contributed by atoms with Crippen molar-refractivity contribution in [2.45, 2.75) is 20.8 Å². The number of carbonyl (C=O) groups excluding carboxylic acids is 1. The fourth-order valence-corrected chi connectivity index (χ4v) is 2.24. The van der Waals surface area contributed by atoms with Crippen LogP contribution in [0.25, 0.3) is 0 Å². The molecule has 0 aromatic heterocycles. The molecule has 0 aliphatic rings. The number of nitrogens with one attached hydrogen (secondary N) is 3. The zero-order valence-corrected chi connectivity index (χ0v) is 13.7. The molecule has 3 N–H and O–H groups in total. The molecule has 0 unspecified atom stereocenters. The van der Waals surface area contributed by atoms with Crippen LogP contribution in [0.15, 0.2) is 42.5 Å². The smallest absolute Gasteiger partial charge is 0.221 e. The minimum atomic E-state index is -0.0900. The molecule has 22 heavy (non-hydrogen) atoms. The Morgan fingerprint density at radius 3 is 2.09 bits per heavy atom. The number of hydrogen-bond acceptors (Lipinski definition) is 2. The predicted molar refractivity (Wildman–Crippen MR) is 96.5 cm³/mol. The van der Waals surface area contributed by atoms with Gasteiger partial charge in [0.25, 0.3) is 0 Å². The Bertz CT molecular complexity index is 696. The molecule has 0 spiro atoms. The van der Waals surface area contributed by atoms with E-state index in [0.717, 1.165) is 17.1 Å². The lowest BCUT2D eigenvalue weighted by atomic mass is 10.1. The van der Waals surface area contributed by atoms with Crippen molar-refractivity contribution in [1.82, 2.24) is 0 Å². The summed E-state index contributed by atoms with van der Waals surface area (Å²) >= 11 is 5.33. The Labute approximate surface area is 135 Å². The van der Waals surface area contributed by atoms with E-state index in [9.17, 15) is 4.79 Å². The summed E-state index contributed by atoms with van der Waals surface area (Å²) in [6.07, 6.45) is 0. The molecule has 0 aliphatic carbocycles. The van der Waals surface area contributed by atoms with Gasteiger partial charge in [0.05, 0.1) is 0 Å². The first-order valence-corrected chi connectivity index (χ1v) is 7.38. The van der Waals surface area contributed by atoms with E-state index >= 15 is 0 Å². The van der Waals surface area contributed by atoms with Crippen LogP contribution in [0.2, 0.25) is 0 Å². The number of carbonyl (C=O) groups is 1. The summed E-state index contributed by atoms with van der Waals surface area (Å²) in [4.78, 5) is 11.0. The molecular weight excluding hydrogens is 294 g/mol. The zero-order chi connectivity index (χ0) is 16.1. The van der Waals surface area contributed by atoms with E-state index in [-0.39, 0.29) is 5.91 Å². The van der Waals surface area contributed by atoms with Crippen LogP contribution in [-0.2, 0) is 4.79 Å². The molecular formula is C17H19N3OS. The van der Waals surface area contributed by atoms with Crippen LogP contribution >= 0.6 is 12.2 Å². The number of amides is 1. The summed E-state index contributed by atoms with van der Waals surface area (Å²) in [6.45, 7) is 5.61. The van der Waals surface area contributed by atoms with Crippen LogP contribution in [0.5, 0.6) is 0 Å². The normalized spacial score (nSPS) is 9.95. The third kappa shape index (κ3) is 4.30. The summed E-state index contributed by atoms with van der Waals surface area (Å²) in [5.74, 6) is -0.0900.